The quantitative estimate of drug-likeness (QED) is 0.610. The van der Waals surface area contributed by atoms with Gasteiger partial charge in [-0.2, -0.15) is 0 Å². The van der Waals surface area contributed by atoms with Crippen LogP contribution in [0.3, 0.4) is 0 Å². The van der Waals surface area contributed by atoms with E-state index in [4.69, 9.17) is 5.11 Å². The van der Waals surface area contributed by atoms with Crippen LogP contribution in [0.4, 0.5) is 0 Å². The average Bonchev–Trinajstić information content (AvgIpc) is 2.18. The third-order valence-corrected chi connectivity index (χ3v) is 2.73. The molecule has 0 amide bonds. The second kappa shape index (κ2) is 4.86. The minimum Gasteiger partial charge on any atom is -0.478 e. The van der Waals surface area contributed by atoms with Crippen molar-refractivity contribution in [3.8, 4) is 0 Å². The summed E-state index contributed by atoms with van der Waals surface area (Å²) in [5, 5.41) is 8.82. The standard InChI is InChI=1S/C11H12O2S/c1-3-14-10-7-5-4-6-9(10)8(2)11(12)13/h4-7H,2-3H2,1H3,(H,12,13). The van der Waals surface area contributed by atoms with Crippen molar-refractivity contribution >= 4 is 23.3 Å². The van der Waals surface area contributed by atoms with Crippen molar-refractivity contribution in [2.45, 2.75) is 11.8 Å². The molecular formula is C11H12O2S. The molecule has 0 atom stereocenters. The van der Waals surface area contributed by atoms with E-state index >= 15 is 0 Å². The summed E-state index contributed by atoms with van der Waals surface area (Å²) in [5.74, 6) is -0.0432. The first kappa shape index (κ1) is 10.9. The van der Waals surface area contributed by atoms with Gasteiger partial charge in [0.05, 0.1) is 5.57 Å². The fraction of sp³-hybridized carbons (Fsp3) is 0.182. The molecule has 1 aromatic rings. The van der Waals surface area contributed by atoms with Gasteiger partial charge in [0.15, 0.2) is 0 Å². The molecule has 0 heterocycles. The molecule has 0 bridgehead atoms. The van der Waals surface area contributed by atoms with Gasteiger partial charge in [0, 0.05) is 10.5 Å². The molecule has 74 valence electrons. The number of carboxylic acids is 1. The minimum atomic E-state index is -0.964. The van der Waals surface area contributed by atoms with Crippen LogP contribution in [0.25, 0.3) is 5.57 Å². The lowest BCUT2D eigenvalue weighted by Gasteiger charge is -2.06. The van der Waals surface area contributed by atoms with E-state index in [1.165, 1.54) is 0 Å². The van der Waals surface area contributed by atoms with Crippen LogP contribution in [0.1, 0.15) is 12.5 Å². The van der Waals surface area contributed by atoms with E-state index < -0.39 is 5.97 Å². The maximum Gasteiger partial charge on any atom is 0.335 e. The van der Waals surface area contributed by atoms with Crippen LogP contribution >= 0.6 is 11.8 Å². The molecule has 1 aromatic carbocycles. The Morgan fingerprint density at radius 2 is 2.14 bits per heavy atom. The first-order chi connectivity index (χ1) is 6.66. The van der Waals surface area contributed by atoms with E-state index in [9.17, 15) is 4.79 Å². The normalized spacial score (nSPS) is 9.79. The SMILES string of the molecule is C=C(C(=O)O)c1ccccc1SCC. The predicted octanol–water partition coefficient (Wildman–Crippen LogP) is 2.90. The van der Waals surface area contributed by atoms with Gasteiger partial charge in [0.25, 0.3) is 0 Å². The van der Waals surface area contributed by atoms with Gasteiger partial charge in [-0.25, -0.2) is 4.79 Å². The van der Waals surface area contributed by atoms with Gasteiger partial charge in [-0.05, 0) is 11.8 Å². The number of hydrogen-bond acceptors (Lipinski definition) is 2. The smallest absolute Gasteiger partial charge is 0.335 e. The molecule has 0 aliphatic rings. The molecule has 0 fully saturated rings. The molecule has 14 heavy (non-hydrogen) atoms. The van der Waals surface area contributed by atoms with E-state index in [1.807, 2.05) is 25.1 Å². The first-order valence-electron chi connectivity index (χ1n) is 4.31. The Bertz CT molecular complexity index is 358. The molecule has 0 aliphatic heterocycles. The second-order valence-corrected chi connectivity index (χ2v) is 4.02. The molecule has 0 saturated heterocycles. The molecule has 0 aliphatic carbocycles. The van der Waals surface area contributed by atoms with Crippen molar-refractivity contribution in [3.05, 3.63) is 36.4 Å². The maximum absolute atomic E-state index is 10.7. The van der Waals surface area contributed by atoms with E-state index in [-0.39, 0.29) is 5.57 Å². The monoisotopic (exact) mass is 208 g/mol. The van der Waals surface area contributed by atoms with Gasteiger partial charge in [-0.3, -0.25) is 0 Å². The highest BCUT2D eigenvalue weighted by atomic mass is 32.2. The Balaban J connectivity index is 3.06. The van der Waals surface area contributed by atoms with Gasteiger partial charge >= 0.3 is 5.97 Å². The van der Waals surface area contributed by atoms with Crippen LogP contribution in [0.15, 0.2) is 35.7 Å². The summed E-state index contributed by atoms with van der Waals surface area (Å²) in [6, 6.07) is 7.42. The highest BCUT2D eigenvalue weighted by Crippen LogP contribution is 2.27. The van der Waals surface area contributed by atoms with Gasteiger partial charge in [-0.15, -0.1) is 11.8 Å². The molecular weight excluding hydrogens is 196 g/mol. The van der Waals surface area contributed by atoms with Gasteiger partial charge in [0.1, 0.15) is 0 Å². The van der Waals surface area contributed by atoms with Crippen molar-refractivity contribution in [2.75, 3.05) is 5.75 Å². The molecule has 1 N–H and O–H groups in total. The number of thioether (sulfide) groups is 1. The maximum atomic E-state index is 10.7. The third-order valence-electron chi connectivity index (χ3n) is 1.77. The van der Waals surface area contributed by atoms with Crippen molar-refractivity contribution < 1.29 is 9.90 Å². The third kappa shape index (κ3) is 2.39. The lowest BCUT2D eigenvalue weighted by molar-refractivity contribution is -0.130. The van der Waals surface area contributed by atoms with Crippen LogP contribution in [-0.2, 0) is 4.79 Å². The summed E-state index contributed by atoms with van der Waals surface area (Å²) in [6.07, 6.45) is 0. The number of aliphatic carboxylic acids is 1. The number of rotatable bonds is 4. The molecule has 0 saturated carbocycles. The highest BCUT2D eigenvalue weighted by Gasteiger charge is 2.10. The summed E-state index contributed by atoms with van der Waals surface area (Å²) in [5.41, 5.74) is 0.869. The Kier molecular flexibility index (Phi) is 3.77. The van der Waals surface area contributed by atoms with E-state index in [0.717, 1.165) is 10.6 Å². The number of hydrogen-bond donors (Lipinski definition) is 1. The van der Waals surface area contributed by atoms with Crippen LogP contribution in [0.5, 0.6) is 0 Å². The van der Waals surface area contributed by atoms with E-state index in [1.54, 1.807) is 17.8 Å². The predicted molar refractivity (Wildman–Crippen MR) is 59.5 cm³/mol. The topological polar surface area (TPSA) is 37.3 Å². The molecule has 0 radical (unpaired) electrons. The molecule has 0 spiro atoms. The second-order valence-electron chi connectivity index (χ2n) is 2.71. The average molecular weight is 208 g/mol. The molecule has 0 unspecified atom stereocenters. The zero-order chi connectivity index (χ0) is 10.6. The Morgan fingerprint density at radius 1 is 1.50 bits per heavy atom. The summed E-state index contributed by atoms with van der Waals surface area (Å²) >= 11 is 1.62. The van der Waals surface area contributed by atoms with Crippen LogP contribution in [0, 0.1) is 0 Å². The summed E-state index contributed by atoms with van der Waals surface area (Å²) in [6.45, 7) is 5.59. The molecule has 0 aromatic heterocycles. The van der Waals surface area contributed by atoms with Gasteiger partial charge in [-0.1, -0.05) is 31.7 Å². The first-order valence-corrected chi connectivity index (χ1v) is 5.29. The van der Waals surface area contributed by atoms with E-state index in [0.29, 0.717) is 5.56 Å². The molecule has 2 nitrogen and oxygen atoms in total. The molecule has 3 heteroatoms. The lowest BCUT2D eigenvalue weighted by atomic mass is 10.1. The van der Waals surface area contributed by atoms with Crippen LogP contribution in [0.2, 0.25) is 0 Å². The van der Waals surface area contributed by atoms with Crippen molar-refractivity contribution in [2.24, 2.45) is 0 Å². The zero-order valence-corrected chi connectivity index (χ0v) is 8.80. The Morgan fingerprint density at radius 3 is 2.71 bits per heavy atom. The summed E-state index contributed by atoms with van der Waals surface area (Å²) in [7, 11) is 0. The largest absolute Gasteiger partial charge is 0.478 e. The van der Waals surface area contributed by atoms with Gasteiger partial charge < -0.3 is 5.11 Å². The molecule has 1 rings (SSSR count). The number of carboxylic acid groups (broad SMARTS) is 1. The summed E-state index contributed by atoms with van der Waals surface area (Å²) in [4.78, 5) is 11.7. The van der Waals surface area contributed by atoms with Crippen molar-refractivity contribution in [3.63, 3.8) is 0 Å². The van der Waals surface area contributed by atoms with Crippen molar-refractivity contribution in [1.29, 1.82) is 0 Å². The highest BCUT2D eigenvalue weighted by molar-refractivity contribution is 7.99. The number of benzene rings is 1. The Hall–Kier alpha value is -1.22. The van der Waals surface area contributed by atoms with Gasteiger partial charge in [0.2, 0.25) is 0 Å². The summed E-state index contributed by atoms with van der Waals surface area (Å²) < 4.78 is 0. The van der Waals surface area contributed by atoms with Crippen LogP contribution < -0.4 is 0 Å². The zero-order valence-electron chi connectivity index (χ0n) is 7.99. The minimum absolute atomic E-state index is 0.154. The van der Waals surface area contributed by atoms with Crippen LogP contribution in [-0.4, -0.2) is 16.8 Å². The van der Waals surface area contributed by atoms with Crippen molar-refractivity contribution in [1.82, 2.24) is 0 Å². The Labute approximate surface area is 87.6 Å². The van der Waals surface area contributed by atoms with E-state index in [2.05, 4.69) is 6.58 Å². The number of carbonyl (C=O) groups is 1. The fourth-order valence-corrected chi connectivity index (χ4v) is 1.95. The lowest BCUT2D eigenvalue weighted by Crippen LogP contribution is -1.99. The fourth-order valence-electron chi connectivity index (χ4n) is 1.11.